The summed E-state index contributed by atoms with van der Waals surface area (Å²) < 4.78 is 5.75. The first-order valence-corrected chi connectivity index (χ1v) is 6.45. The maximum Gasteiger partial charge on any atom is 0.180 e. The van der Waals surface area contributed by atoms with Gasteiger partial charge in [0.25, 0.3) is 0 Å². The summed E-state index contributed by atoms with van der Waals surface area (Å²) in [6.45, 7) is 8.23. The Kier molecular flexibility index (Phi) is 2.88. The molecule has 1 aliphatic heterocycles. The fourth-order valence-electron chi connectivity index (χ4n) is 2.51. The standard InChI is InChI=1S/C12H20N4O/c1-8-5-10(8)6-16-3-4-17-11(7-16)12-13-9(2)14-15-12/h8,10-11H,3-7H2,1-2H3,(H,13,14,15). The molecule has 3 atom stereocenters. The van der Waals surface area contributed by atoms with Crippen LogP contribution in [-0.2, 0) is 4.74 Å². The summed E-state index contributed by atoms with van der Waals surface area (Å²) in [5.74, 6) is 3.48. The summed E-state index contributed by atoms with van der Waals surface area (Å²) in [6, 6.07) is 0. The summed E-state index contributed by atoms with van der Waals surface area (Å²) in [6.07, 6.45) is 1.43. The van der Waals surface area contributed by atoms with E-state index in [-0.39, 0.29) is 6.10 Å². The van der Waals surface area contributed by atoms with Crippen molar-refractivity contribution in [2.45, 2.75) is 26.4 Å². The molecule has 1 saturated heterocycles. The van der Waals surface area contributed by atoms with Crippen LogP contribution in [0.1, 0.15) is 31.1 Å². The summed E-state index contributed by atoms with van der Waals surface area (Å²) in [5, 5.41) is 7.08. The number of nitrogens with one attached hydrogen (secondary N) is 1. The van der Waals surface area contributed by atoms with Gasteiger partial charge in [-0.15, -0.1) is 0 Å². The Morgan fingerprint density at radius 1 is 1.53 bits per heavy atom. The number of nitrogens with zero attached hydrogens (tertiary/aromatic N) is 3. The van der Waals surface area contributed by atoms with Crippen molar-refractivity contribution in [1.29, 1.82) is 0 Å². The van der Waals surface area contributed by atoms with Gasteiger partial charge in [-0.25, -0.2) is 4.98 Å². The molecule has 1 aromatic heterocycles. The van der Waals surface area contributed by atoms with Crippen molar-refractivity contribution in [2.24, 2.45) is 11.8 Å². The smallest absolute Gasteiger partial charge is 0.180 e. The predicted octanol–water partition coefficient (Wildman–Crippen LogP) is 1.14. The first kappa shape index (κ1) is 11.2. The maximum absolute atomic E-state index is 5.75. The molecule has 0 spiro atoms. The van der Waals surface area contributed by atoms with Gasteiger partial charge in [0.15, 0.2) is 5.82 Å². The van der Waals surface area contributed by atoms with Gasteiger partial charge in [0, 0.05) is 19.6 Å². The molecule has 5 nitrogen and oxygen atoms in total. The highest BCUT2D eigenvalue weighted by molar-refractivity contribution is 4.96. The van der Waals surface area contributed by atoms with Crippen molar-refractivity contribution >= 4 is 0 Å². The minimum Gasteiger partial charge on any atom is -0.367 e. The largest absolute Gasteiger partial charge is 0.367 e. The highest BCUT2D eigenvalue weighted by atomic mass is 16.5. The van der Waals surface area contributed by atoms with Gasteiger partial charge >= 0.3 is 0 Å². The lowest BCUT2D eigenvalue weighted by Gasteiger charge is -2.31. The van der Waals surface area contributed by atoms with E-state index in [2.05, 4.69) is 27.0 Å². The van der Waals surface area contributed by atoms with Crippen LogP contribution in [0.5, 0.6) is 0 Å². The molecular weight excluding hydrogens is 216 g/mol. The van der Waals surface area contributed by atoms with E-state index in [4.69, 9.17) is 4.74 Å². The van der Waals surface area contributed by atoms with Crippen molar-refractivity contribution in [2.75, 3.05) is 26.2 Å². The molecule has 5 heteroatoms. The number of hydrogen-bond acceptors (Lipinski definition) is 4. The third-order valence-electron chi connectivity index (χ3n) is 3.82. The molecule has 1 aliphatic carbocycles. The first-order chi connectivity index (χ1) is 8.22. The summed E-state index contributed by atoms with van der Waals surface area (Å²) in [7, 11) is 0. The van der Waals surface area contributed by atoms with Crippen molar-refractivity contribution in [3.63, 3.8) is 0 Å². The third-order valence-corrected chi connectivity index (χ3v) is 3.82. The lowest BCUT2D eigenvalue weighted by Crippen LogP contribution is -2.39. The number of aryl methyl sites for hydroxylation is 1. The second kappa shape index (κ2) is 4.38. The van der Waals surface area contributed by atoms with E-state index in [1.54, 1.807) is 0 Å². The zero-order chi connectivity index (χ0) is 11.8. The van der Waals surface area contributed by atoms with Gasteiger partial charge in [0.2, 0.25) is 0 Å². The highest BCUT2D eigenvalue weighted by Crippen LogP contribution is 2.38. The number of aromatic amines is 1. The molecule has 0 amide bonds. The van der Waals surface area contributed by atoms with E-state index in [0.29, 0.717) is 0 Å². The Bertz CT molecular complexity index is 392. The monoisotopic (exact) mass is 236 g/mol. The Hall–Kier alpha value is -0.940. The van der Waals surface area contributed by atoms with Gasteiger partial charge in [-0.05, 0) is 25.2 Å². The maximum atomic E-state index is 5.75. The zero-order valence-electron chi connectivity index (χ0n) is 10.5. The van der Waals surface area contributed by atoms with Crippen LogP contribution >= 0.6 is 0 Å². The Morgan fingerprint density at radius 3 is 3.00 bits per heavy atom. The summed E-state index contributed by atoms with van der Waals surface area (Å²) in [4.78, 5) is 6.85. The molecule has 2 fully saturated rings. The normalized spacial score (nSPS) is 33.9. The van der Waals surface area contributed by atoms with Gasteiger partial charge in [0.05, 0.1) is 6.61 Å². The van der Waals surface area contributed by atoms with E-state index < -0.39 is 0 Å². The Balaban J connectivity index is 1.59. The van der Waals surface area contributed by atoms with E-state index in [0.717, 1.165) is 43.2 Å². The van der Waals surface area contributed by atoms with Gasteiger partial charge in [-0.3, -0.25) is 10.00 Å². The quantitative estimate of drug-likeness (QED) is 0.855. The number of H-pyrrole nitrogens is 1. The predicted molar refractivity (Wildman–Crippen MR) is 63.5 cm³/mol. The second-order valence-electron chi connectivity index (χ2n) is 5.37. The second-order valence-corrected chi connectivity index (χ2v) is 5.37. The van der Waals surface area contributed by atoms with Crippen LogP contribution in [0.3, 0.4) is 0 Å². The van der Waals surface area contributed by atoms with E-state index in [1.165, 1.54) is 13.0 Å². The van der Waals surface area contributed by atoms with Crippen LogP contribution in [0.2, 0.25) is 0 Å². The first-order valence-electron chi connectivity index (χ1n) is 6.45. The van der Waals surface area contributed by atoms with Gasteiger partial charge in [-0.2, -0.15) is 5.10 Å². The van der Waals surface area contributed by atoms with Crippen molar-refractivity contribution in [1.82, 2.24) is 20.1 Å². The van der Waals surface area contributed by atoms with E-state index in [9.17, 15) is 0 Å². The number of aromatic nitrogens is 3. The molecule has 3 rings (SSSR count). The minimum absolute atomic E-state index is 0.0442. The molecule has 2 aliphatic rings. The Morgan fingerprint density at radius 2 is 2.35 bits per heavy atom. The molecule has 1 saturated carbocycles. The van der Waals surface area contributed by atoms with Gasteiger partial charge in [0.1, 0.15) is 11.9 Å². The molecule has 0 radical (unpaired) electrons. The molecule has 1 aromatic rings. The topological polar surface area (TPSA) is 54.0 Å². The summed E-state index contributed by atoms with van der Waals surface area (Å²) >= 11 is 0. The number of ether oxygens (including phenoxy) is 1. The van der Waals surface area contributed by atoms with Crippen molar-refractivity contribution < 1.29 is 4.74 Å². The van der Waals surface area contributed by atoms with Crippen LogP contribution in [0.4, 0.5) is 0 Å². The molecule has 94 valence electrons. The molecular formula is C12H20N4O. The summed E-state index contributed by atoms with van der Waals surface area (Å²) in [5.41, 5.74) is 0. The molecule has 0 bridgehead atoms. The van der Waals surface area contributed by atoms with Gasteiger partial charge < -0.3 is 4.74 Å². The lowest BCUT2D eigenvalue weighted by molar-refractivity contribution is -0.0358. The molecule has 2 heterocycles. The van der Waals surface area contributed by atoms with E-state index >= 15 is 0 Å². The average Bonchev–Trinajstić information content (AvgIpc) is 2.84. The van der Waals surface area contributed by atoms with Crippen molar-refractivity contribution in [3.05, 3.63) is 11.6 Å². The highest BCUT2D eigenvalue weighted by Gasteiger charge is 2.35. The fraction of sp³-hybridized carbons (Fsp3) is 0.833. The lowest BCUT2D eigenvalue weighted by atomic mass is 10.2. The average molecular weight is 236 g/mol. The van der Waals surface area contributed by atoms with E-state index in [1.807, 2.05) is 6.92 Å². The third kappa shape index (κ3) is 2.50. The number of rotatable bonds is 3. The van der Waals surface area contributed by atoms with Crippen LogP contribution in [0.25, 0.3) is 0 Å². The van der Waals surface area contributed by atoms with Crippen LogP contribution < -0.4 is 0 Å². The van der Waals surface area contributed by atoms with Crippen molar-refractivity contribution in [3.8, 4) is 0 Å². The minimum atomic E-state index is 0.0442. The Labute approximate surface area is 102 Å². The van der Waals surface area contributed by atoms with Gasteiger partial charge in [-0.1, -0.05) is 6.92 Å². The van der Waals surface area contributed by atoms with Crippen LogP contribution in [0.15, 0.2) is 0 Å². The van der Waals surface area contributed by atoms with Crippen LogP contribution in [-0.4, -0.2) is 46.3 Å². The number of hydrogen-bond donors (Lipinski definition) is 1. The molecule has 3 unspecified atom stereocenters. The SMILES string of the molecule is Cc1nc(C2CN(CC3CC3C)CCO2)n[nH]1. The molecule has 17 heavy (non-hydrogen) atoms. The zero-order valence-corrected chi connectivity index (χ0v) is 10.5. The molecule has 1 N–H and O–H groups in total. The molecule has 0 aromatic carbocycles. The number of morpholine rings is 1. The fourth-order valence-corrected chi connectivity index (χ4v) is 2.51. The van der Waals surface area contributed by atoms with Crippen LogP contribution in [0, 0.1) is 18.8 Å².